The number of benzene rings is 2. The topological polar surface area (TPSA) is 43.9 Å². The van der Waals surface area contributed by atoms with Crippen molar-refractivity contribution in [2.75, 3.05) is 37.6 Å². The maximum Gasteiger partial charge on any atom is 0.228 e. The Hall–Kier alpha value is -2.66. The van der Waals surface area contributed by atoms with Crippen molar-refractivity contribution in [1.29, 1.82) is 0 Å². The van der Waals surface area contributed by atoms with Gasteiger partial charge in [-0.25, -0.2) is 0 Å². The average Bonchev–Trinajstić information content (AvgIpc) is 3.12. The average molecular weight is 392 g/mol. The van der Waals surface area contributed by atoms with E-state index in [0.29, 0.717) is 13.0 Å². The molecule has 0 spiro atoms. The van der Waals surface area contributed by atoms with Gasteiger partial charge in [0.1, 0.15) is 0 Å². The molecule has 2 fully saturated rings. The van der Waals surface area contributed by atoms with Gasteiger partial charge in [-0.05, 0) is 42.7 Å². The number of hydrogen-bond acceptors (Lipinski definition) is 3. The van der Waals surface area contributed by atoms with Crippen LogP contribution in [0.2, 0.25) is 0 Å². The molecule has 2 amide bonds. The van der Waals surface area contributed by atoms with Crippen LogP contribution in [0, 0.1) is 19.8 Å². The molecule has 29 heavy (non-hydrogen) atoms. The van der Waals surface area contributed by atoms with Crippen LogP contribution in [0.4, 0.5) is 5.69 Å². The van der Waals surface area contributed by atoms with Crippen LogP contribution >= 0.6 is 0 Å². The number of carbonyl (C=O) groups excluding carboxylic acids is 2. The fourth-order valence-electron chi connectivity index (χ4n) is 4.24. The van der Waals surface area contributed by atoms with E-state index in [9.17, 15) is 9.59 Å². The predicted octanol–water partition coefficient (Wildman–Crippen LogP) is 3.00. The lowest BCUT2D eigenvalue weighted by Gasteiger charge is -2.36. The minimum absolute atomic E-state index is 0.0503. The minimum atomic E-state index is -0.232. The van der Waals surface area contributed by atoms with Gasteiger partial charge >= 0.3 is 0 Å². The van der Waals surface area contributed by atoms with Crippen molar-refractivity contribution in [1.82, 2.24) is 9.80 Å². The fourth-order valence-corrected chi connectivity index (χ4v) is 4.24. The molecule has 2 aliphatic heterocycles. The summed E-state index contributed by atoms with van der Waals surface area (Å²) < 4.78 is 0. The van der Waals surface area contributed by atoms with E-state index >= 15 is 0 Å². The summed E-state index contributed by atoms with van der Waals surface area (Å²) in [6, 6.07) is 16.5. The van der Waals surface area contributed by atoms with Crippen molar-refractivity contribution in [2.45, 2.75) is 26.8 Å². The number of hydrogen-bond donors (Lipinski definition) is 0. The van der Waals surface area contributed by atoms with Crippen LogP contribution in [0.15, 0.2) is 48.5 Å². The zero-order valence-electron chi connectivity index (χ0n) is 17.3. The van der Waals surface area contributed by atoms with Crippen molar-refractivity contribution in [3.05, 3.63) is 65.2 Å². The predicted molar refractivity (Wildman–Crippen MR) is 115 cm³/mol. The third-order valence-corrected chi connectivity index (χ3v) is 6.21. The molecule has 152 valence electrons. The second-order valence-corrected chi connectivity index (χ2v) is 8.26. The summed E-state index contributed by atoms with van der Waals surface area (Å²) in [4.78, 5) is 31.7. The Labute approximate surface area is 172 Å². The zero-order chi connectivity index (χ0) is 20.4. The fraction of sp³-hybridized carbons (Fsp3) is 0.417. The van der Waals surface area contributed by atoms with Gasteiger partial charge in [0.05, 0.1) is 5.92 Å². The second-order valence-electron chi connectivity index (χ2n) is 8.26. The highest BCUT2D eigenvalue weighted by Gasteiger charge is 2.38. The van der Waals surface area contributed by atoms with Crippen LogP contribution < -0.4 is 4.90 Å². The molecule has 1 atom stereocenters. The Morgan fingerprint density at radius 1 is 0.966 bits per heavy atom. The Bertz CT molecular complexity index is 888. The molecule has 2 aromatic rings. The van der Waals surface area contributed by atoms with E-state index in [1.807, 2.05) is 29.2 Å². The summed E-state index contributed by atoms with van der Waals surface area (Å²) in [5, 5.41) is 0. The van der Waals surface area contributed by atoms with Crippen LogP contribution in [0.25, 0.3) is 0 Å². The van der Waals surface area contributed by atoms with Crippen LogP contribution in [-0.4, -0.2) is 54.3 Å². The molecule has 0 radical (unpaired) electrons. The maximum atomic E-state index is 13.0. The van der Waals surface area contributed by atoms with Gasteiger partial charge < -0.3 is 9.80 Å². The van der Waals surface area contributed by atoms with Gasteiger partial charge in [-0.15, -0.1) is 0 Å². The monoisotopic (exact) mass is 391 g/mol. The molecule has 4 rings (SSSR count). The van der Waals surface area contributed by atoms with Crippen LogP contribution in [-0.2, 0) is 16.1 Å². The molecule has 5 nitrogen and oxygen atoms in total. The number of rotatable bonds is 4. The molecule has 2 aliphatic rings. The Morgan fingerprint density at radius 2 is 1.69 bits per heavy atom. The third kappa shape index (κ3) is 4.35. The third-order valence-electron chi connectivity index (χ3n) is 6.21. The first-order chi connectivity index (χ1) is 14.0. The Kier molecular flexibility index (Phi) is 5.67. The molecule has 0 bridgehead atoms. The first kappa shape index (κ1) is 19.6. The number of aryl methyl sites for hydroxylation is 2. The number of piperazine rings is 1. The highest BCUT2D eigenvalue weighted by molar-refractivity contribution is 6.00. The minimum Gasteiger partial charge on any atom is -0.340 e. The van der Waals surface area contributed by atoms with E-state index < -0.39 is 0 Å². The number of amides is 2. The van der Waals surface area contributed by atoms with Crippen molar-refractivity contribution in [3.63, 3.8) is 0 Å². The summed E-state index contributed by atoms with van der Waals surface area (Å²) in [6.07, 6.45) is 0.315. The van der Waals surface area contributed by atoms with Gasteiger partial charge in [0.2, 0.25) is 11.8 Å². The highest BCUT2D eigenvalue weighted by atomic mass is 16.2. The Morgan fingerprint density at radius 3 is 2.38 bits per heavy atom. The van der Waals surface area contributed by atoms with E-state index in [1.54, 1.807) is 4.90 Å². The van der Waals surface area contributed by atoms with Crippen molar-refractivity contribution >= 4 is 17.5 Å². The van der Waals surface area contributed by atoms with Gasteiger partial charge in [0.25, 0.3) is 0 Å². The lowest BCUT2D eigenvalue weighted by atomic mass is 10.1. The summed E-state index contributed by atoms with van der Waals surface area (Å²) in [5.74, 6) is -0.0526. The molecule has 0 saturated carbocycles. The van der Waals surface area contributed by atoms with Crippen molar-refractivity contribution in [3.8, 4) is 0 Å². The first-order valence-corrected chi connectivity index (χ1v) is 10.4. The van der Waals surface area contributed by atoms with Crippen LogP contribution in [0.3, 0.4) is 0 Å². The molecular formula is C24H29N3O2. The summed E-state index contributed by atoms with van der Waals surface area (Å²) >= 11 is 0. The van der Waals surface area contributed by atoms with E-state index in [2.05, 4.69) is 43.0 Å². The molecule has 0 aromatic heterocycles. The van der Waals surface area contributed by atoms with Gasteiger partial charge in [-0.1, -0.05) is 36.4 Å². The highest BCUT2D eigenvalue weighted by Crippen LogP contribution is 2.28. The molecule has 0 N–H and O–H groups in total. The summed E-state index contributed by atoms with van der Waals surface area (Å²) in [7, 11) is 0. The zero-order valence-corrected chi connectivity index (χ0v) is 17.3. The molecule has 5 heteroatoms. The summed E-state index contributed by atoms with van der Waals surface area (Å²) in [5.41, 5.74) is 4.58. The molecule has 0 aliphatic carbocycles. The lowest BCUT2D eigenvalue weighted by molar-refractivity contribution is -0.137. The van der Waals surface area contributed by atoms with E-state index in [1.165, 1.54) is 16.7 Å². The normalized spacial score (nSPS) is 20.3. The molecule has 2 saturated heterocycles. The van der Waals surface area contributed by atoms with E-state index in [-0.39, 0.29) is 17.7 Å². The SMILES string of the molecule is Cc1ccc(N2C[C@@H](C(=O)N3CCN(Cc4ccccc4)CC3)CC2=O)cc1C. The Balaban J connectivity index is 1.33. The van der Waals surface area contributed by atoms with Crippen molar-refractivity contribution in [2.24, 2.45) is 5.92 Å². The van der Waals surface area contributed by atoms with Crippen LogP contribution in [0.1, 0.15) is 23.1 Å². The van der Waals surface area contributed by atoms with Gasteiger partial charge in [0, 0.05) is 51.4 Å². The maximum absolute atomic E-state index is 13.0. The summed E-state index contributed by atoms with van der Waals surface area (Å²) in [6.45, 7) is 8.76. The quantitative estimate of drug-likeness (QED) is 0.805. The number of nitrogens with zero attached hydrogens (tertiary/aromatic N) is 3. The molecule has 2 aromatic carbocycles. The van der Waals surface area contributed by atoms with E-state index in [0.717, 1.165) is 38.4 Å². The first-order valence-electron chi connectivity index (χ1n) is 10.4. The second kappa shape index (κ2) is 8.37. The largest absolute Gasteiger partial charge is 0.340 e. The van der Waals surface area contributed by atoms with Crippen molar-refractivity contribution < 1.29 is 9.59 Å². The molecular weight excluding hydrogens is 362 g/mol. The number of anilines is 1. The standard InChI is InChI=1S/C24H29N3O2/c1-18-8-9-22(14-19(18)2)27-17-21(15-23(27)28)24(29)26-12-10-25(11-13-26)16-20-6-4-3-5-7-20/h3-9,14,21H,10-13,15-17H2,1-2H3/t21-/m0/s1. The lowest BCUT2D eigenvalue weighted by Crippen LogP contribution is -2.50. The number of carbonyl (C=O) groups is 2. The molecule has 0 unspecified atom stereocenters. The smallest absolute Gasteiger partial charge is 0.228 e. The van der Waals surface area contributed by atoms with E-state index in [4.69, 9.17) is 0 Å². The van der Waals surface area contributed by atoms with Gasteiger partial charge in [-0.2, -0.15) is 0 Å². The van der Waals surface area contributed by atoms with Gasteiger partial charge in [0.15, 0.2) is 0 Å². The van der Waals surface area contributed by atoms with Crippen LogP contribution in [0.5, 0.6) is 0 Å². The van der Waals surface area contributed by atoms with Gasteiger partial charge in [-0.3, -0.25) is 14.5 Å². The molecule has 2 heterocycles.